The molecular formula is C15H24O3. The van der Waals surface area contributed by atoms with Crippen LogP contribution in [0, 0.1) is 0 Å². The van der Waals surface area contributed by atoms with Gasteiger partial charge in [-0.3, -0.25) is 0 Å². The molecular weight excluding hydrogens is 228 g/mol. The number of benzene rings is 1. The Bertz CT molecular complexity index is 308. The lowest BCUT2D eigenvalue weighted by Crippen LogP contribution is -2.19. The molecule has 18 heavy (non-hydrogen) atoms. The molecule has 1 atom stereocenters. The summed E-state index contributed by atoms with van der Waals surface area (Å²) < 4.78 is 11.2. The Kier molecular flexibility index (Phi) is 7.26. The Morgan fingerprint density at radius 1 is 1.11 bits per heavy atom. The molecule has 1 aromatic carbocycles. The summed E-state index contributed by atoms with van der Waals surface area (Å²) in [5.41, 5.74) is 0. The normalized spacial score (nSPS) is 12.3. The summed E-state index contributed by atoms with van der Waals surface area (Å²) in [6, 6.07) is 6.75. The maximum atomic E-state index is 9.15. The Morgan fingerprint density at radius 2 is 1.83 bits per heavy atom. The maximum absolute atomic E-state index is 9.15. The van der Waals surface area contributed by atoms with Crippen LogP contribution in [0.5, 0.6) is 11.5 Å². The van der Waals surface area contributed by atoms with Gasteiger partial charge in [0.25, 0.3) is 0 Å². The zero-order valence-electron chi connectivity index (χ0n) is 11.4. The molecule has 0 aliphatic carbocycles. The Labute approximate surface area is 110 Å². The smallest absolute Gasteiger partial charge is 0.120 e. The summed E-state index contributed by atoms with van der Waals surface area (Å²) in [5.74, 6) is 1.01. The van der Waals surface area contributed by atoms with E-state index in [0.29, 0.717) is 6.61 Å². The van der Waals surface area contributed by atoms with Gasteiger partial charge in [-0.25, -0.2) is 0 Å². The van der Waals surface area contributed by atoms with Gasteiger partial charge in [0, 0.05) is 6.61 Å². The molecule has 0 unspecified atom stereocenters. The van der Waals surface area contributed by atoms with Crippen LogP contribution in [0.15, 0.2) is 24.3 Å². The zero-order valence-corrected chi connectivity index (χ0v) is 11.4. The fraction of sp³-hybridized carbons (Fsp3) is 0.600. The molecule has 0 aromatic heterocycles. The first-order valence-corrected chi connectivity index (χ1v) is 6.75. The van der Waals surface area contributed by atoms with Gasteiger partial charge in [-0.05, 0) is 37.6 Å². The van der Waals surface area contributed by atoms with Crippen LogP contribution in [-0.2, 0) is 4.74 Å². The molecule has 0 saturated heterocycles. The summed E-state index contributed by atoms with van der Waals surface area (Å²) in [5, 5.41) is 9.15. The molecule has 3 nitrogen and oxygen atoms in total. The highest BCUT2D eigenvalue weighted by atomic mass is 16.5. The van der Waals surface area contributed by atoms with E-state index in [9.17, 15) is 0 Å². The van der Waals surface area contributed by atoms with Gasteiger partial charge < -0.3 is 14.6 Å². The highest BCUT2D eigenvalue weighted by Crippen LogP contribution is 2.17. The minimum absolute atomic E-state index is 0.0284. The third-order valence-electron chi connectivity index (χ3n) is 2.67. The number of hydrogen-bond donors (Lipinski definition) is 1. The predicted molar refractivity (Wildman–Crippen MR) is 73.2 cm³/mol. The highest BCUT2D eigenvalue weighted by molar-refractivity contribution is 5.30. The maximum Gasteiger partial charge on any atom is 0.120 e. The Hall–Kier alpha value is -1.22. The number of unbranched alkanes of at least 4 members (excludes halogenated alkanes) is 3. The molecule has 1 aromatic rings. The minimum atomic E-state index is 0.0284. The van der Waals surface area contributed by atoms with Gasteiger partial charge >= 0.3 is 0 Å². The average molecular weight is 252 g/mol. The quantitative estimate of drug-likeness (QED) is 0.680. The summed E-state index contributed by atoms with van der Waals surface area (Å²) in [7, 11) is 0. The van der Waals surface area contributed by atoms with E-state index in [-0.39, 0.29) is 11.9 Å². The lowest BCUT2D eigenvalue weighted by molar-refractivity contribution is 0.0566. The van der Waals surface area contributed by atoms with Crippen molar-refractivity contribution in [1.29, 1.82) is 0 Å². The molecule has 0 aliphatic heterocycles. The number of hydrogen-bond acceptors (Lipinski definition) is 3. The van der Waals surface area contributed by atoms with Crippen LogP contribution in [0.4, 0.5) is 0 Å². The van der Waals surface area contributed by atoms with E-state index < -0.39 is 0 Å². The second-order valence-corrected chi connectivity index (χ2v) is 4.56. The van der Waals surface area contributed by atoms with Crippen molar-refractivity contribution in [3.05, 3.63) is 24.3 Å². The third kappa shape index (κ3) is 6.50. The largest absolute Gasteiger partial charge is 0.508 e. The van der Waals surface area contributed by atoms with Crippen molar-refractivity contribution in [2.45, 2.75) is 45.6 Å². The predicted octanol–water partition coefficient (Wildman–Crippen LogP) is 3.76. The number of phenolic OH excluding ortho intramolecular Hbond substituents is 1. The van der Waals surface area contributed by atoms with E-state index in [1.807, 2.05) is 6.92 Å². The van der Waals surface area contributed by atoms with E-state index in [2.05, 4.69) is 6.92 Å². The van der Waals surface area contributed by atoms with Gasteiger partial charge in [-0.15, -0.1) is 0 Å². The first kappa shape index (κ1) is 14.8. The van der Waals surface area contributed by atoms with Gasteiger partial charge in [0.1, 0.15) is 17.6 Å². The average Bonchev–Trinajstić information content (AvgIpc) is 2.36. The van der Waals surface area contributed by atoms with Crippen LogP contribution in [0.2, 0.25) is 0 Å². The first-order valence-electron chi connectivity index (χ1n) is 6.75. The van der Waals surface area contributed by atoms with E-state index in [4.69, 9.17) is 14.6 Å². The molecule has 0 fully saturated rings. The standard InChI is InChI=1S/C15H24O3/c1-3-4-5-6-11-17-12-13(2)18-15-9-7-14(16)8-10-15/h7-10,13,16H,3-6,11-12H2,1-2H3/t13-/m1/s1. The molecule has 0 radical (unpaired) electrons. The number of rotatable bonds is 9. The summed E-state index contributed by atoms with van der Waals surface area (Å²) >= 11 is 0. The van der Waals surface area contributed by atoms with E-state index in [0.717, 1.165) is 18.8 Å². The molecule has 0 amide bonds. The van der Waals surface area contributed by atoms with Gasteiger partial charge in [0.15, 0.2) is 0 Å². The molecule has 1 rings (SSSR count). The molecule has 0 spiro atoms. The summed E-state index contributed by atoms with van der Waals surface area (Å²) in [6.07, 6.45) is 4.92. The van der Waals surface area contributed by atoms with Gasteiger partial charge in [-0.1, -0.05) is 26.2 Å². The van der Waals surface area contributed by atoms with Crippen molar-refractivity contribution in [3.63, 3.8) is 0 Å². The van der Waals surface area contributed by atoms with Crippen LogP contribution in [0.1, 0.15) is 39.5 Å². The lowest BCUT2D eigenvalue weighted by Gasteiger charge is -2.15. The molecule has 0 bridgehead atoms. The molecule has 0 aliphatic rings. The van der Waals surface area contributed by atoms with Crippen molar-refractivity contribution < 1.29 is 14.6 Å². The minimum Gasteiger partial charge on any atom is -0.508 e. The number of aromatic hydroxyl groups is 1. The monoisotopic (exact) mass is 252 g/mol. The topological polar surface area (TPSA) is 38.7 Å². The Morgan fingerprint density at radius 3 is 2.50 bits per heavy atom. The summed E-state index contributed by atoms with van der Waals surface area (Å²) in [6.45, 7) is 5.60. The van der Waals surface area contributed by atoms with Crippen LogP contribution in [0.25, 0.3) is 0 Å². The summed E-state index contributed by atoms with van der Waals surface area (Å²) in [4.78, 5) is 0. The number of ether oxygens (including phenoxy) is 2. The van der Waals surface area contributed by atoms with Crippen LogP contribution < -0.4 is 4.74 Å². The van der Waals surface area contributed by atoms with E-state index in [1.54, 1.807) is 24.3 Å². The van der Waals surface area contributed by atoms with Crippen molar-refractivity contribution in [1.82, 2.24) is 0 Å². The van der Waals surface area contributed by atoms with Crippen molar-refractivity contribution in [3.8, 4) is 11.5 Å². The molecule has 102 valence electrons. The van der Waals surface area contributed by atoms with Crippen molar-refractivity contribution in [2.24, 2.45) is 0 Å². The Balaban J connectivity index is 2.10. The highest BCUT2D eigenvalue weighted by Gasteiger charge is 2.04. The molecule has 3 heteroatoms. The van der Waals surface area contributed by atoms with E-state index in [1.165, 1.54) is 19.3 Å². The molecule has 0 saturated carbocycles. The van der Waals surface area contributed by atoms with Crippen LogP contribution in [0.3, 0.4) is 0 Å². The fourth-order valence-corrected chi connectivity index (χ4v) is 1.67. The van der Waals surface area contributed by atoms with E-state index >= 15 is 0 Å². The third-order valence-corrected chi connectivity index (χ3v) is 2.67. The van der Waals surface area contributed by atoms with Crippen LogP contribution >= 0.6 is 0 Å². The van der Waals surface area contributed by atoms with Gasteiger partial charge in [0.05, 0.1) is 6.61 Å². The molecule has 0 heterocycles. The van der Waals surface area contributed by atoms with Crippen molar-refractivity contribution in [2.75, 3.05) is 13.2 Å². The second kappa shape index (κ2) is 8.81. The van der Waals surface area contributed by atoms with Crippen LogP contribution in [-0.4, -0.2) is 24.4 Å². The zero-order chi connectivity index (χ0) is 13.2. The molecule has 1 N–H and O–H groups in total. The SMILES string of the molecule is CCCCCCOC[C@@H](C)Oc1ccc(O)cc1. The van der Waals surface area contributed by atoms with Gasteiger partial charge in [-0.2, -0.15) is 0 Å². The fourth-order valence-electron chi connectivity index (χ4n) is 1.67. The lowest BCUT2D eigenvalue weighted by atomic mass is 10.2. The van der Waals surface area contributed by atoms with Crippen molar-refractivity contribution >= 4 is 0 Å². The first-order chi connectivity index (χ1) is 8.72. The number of phenols is 1. The van der Waals surface area contributed by atoms with Gasteiger partial charge in [0.2, 0.25) is 0 Å². The second-order valence-electron chi connectivity index (χ2n) is 4.56.